The van der Waals surface area contributed by atoms with Crippen LogP contribution in [0.2, 0.25) is 10.0 Å². The lowest BCUT2D eigenvalue weighted by molar-refractivity contribution is 0.225. The Labute approximate surface area is 150 Å². The molecule has 5 heteroatoms. The van der Waals surface area contributed by atoms with Crippen molar-refractivity contribution in [3.8, 4) is 0 Å². The molecule has 2 rings (SSSR count). The van der Waals surface area contributed by atoms with Gasteiger partial charge in [0.05, 0.1) is 6.10 Å². The molecule has 0 bridgehead atoms. The van der Waals surface area contributed by atoms with Crippen LogP contribution in [0.4, 0.5) is 0 Å². The van der Waals surface area contributed by atoms with Crippen LogP contribution in [0.15, 0.2) is 48.5 Å². The van der Waals surface area contributed by atoms with E-state index < -0.39 is 0 Å². The van der Waals surface area contributed by atoms with E-state index in [1.807, 2.05) is 48.5 Å². The fraction of sp³-hybridized carbons (Fsp3) is 0.294. The van der Waals surface area contributed by atoms with Crippen molar-refractivity contribution in [3.63, 3.8) is 0 Å². The van der Waals surface area contributed by atoms with Crippen molar-refractivity contribution in [2.24, 2.45) is 0 Å². The number of thioether (sulfide) groups is 2. The predicted molar refractivity (Wildman–Crippen MR) is 101 cm³/mol. The summed E-state index contributed by atoms with van der Waals surface area (Å²) in [5.41, 5.74) is 2.46. The van der Waals surface area contributed by atoms with Gasteiger partial charge in [-0.05, 0) is 35.4 Å². The van der Waals surface area contributed by atoms with Gasteiger partial charge in [-0.15, -0.1) is 0 Å². The molecule has 0 saturated heterocycles. The fourth-order valence-electron chi connectivity index (χ4n) is 1.84. The summed E-state index contributed by atoms with van der Waals surface area (Å²) in [5, 5.41) is 11.5. The summed E-state index contributed by atoms with van der Waals surface area (Å²) in [4.78, 5) is 0. The van der Waals surface area contributed by atoms with Gasteiger partial charge in [0.1, 0.15) is 0 Å². The predicted octanol–water partition coefficient (Wildman–Crippen LogP) is 5.52. The van der Waals surface area contributed by atoms with Crippen LogP contribution in [0.5, 0.6) is 0 Å². The molecule has 0 amide bonds. The van der Waals surface area contributed by atoms with E-state index in [4.69, 9.17) is 23.2 Å². The highest BCUT2D eigenvalue weighted by Crippen LogP contribution is 2.19. The van der Waals surface area contributed by atoms with Crippen LogP contribution >= 0.6 is 46.7 Å². The van der Waals surface area contributed by atoms with E-state index in [9.17, 15) is 5.11 Å². The van der Waals surface area contributed by atoms with Crippen molar-refractivity contribution in [1.29, 1.82) is 0 Å². The molecule has 0 fully saturated rings. The molecule has 0 aliphatic heterocycles. The minimum atomic E-state index is -0.283. The molecule has 0 aromatic heterocycles. The van der Waals surface area contributed by atoms with Gasteiger partial charge in [-0.3, -0.25) is 0 Å². The molecule has 0 unspecified atom stereocenters. The van der Waals surface area contributed by atoms with Crippen LogP contribution in [0.3, 0.4) is 0 Å². The van der Waals surface area contributed by atoms with Gasteiger partial charge in [0.15, 0.2) is 0 Å². The Morgan fingerprint density at radius 1 is 0.727 bits per heavy atom. The fourth-order valence-corrected chi connectivity index (χ4v) is 4.11. The minimum absolute atomic E-state index is 0.283. The molecule has 118 valence electrons. The summed E-state index contributed by atoms with van der Waals surface area (Å²) in [5.74, 6) is 3.29. The lowest BCUT2D eigenvalue weighted by Crippen LogP contribution is -2.13. The summed E-state index contributed by atoms with van der Waals surface area (Å²) in [7, 11) is 0. The third kappa shape index (κ3) is 6.84. The zero-order valence-electron chi connectivity index (χ0n) is 12.0. The molecular weight excluding hydrogens is 355 g/mol. The first-order valence-corrected chi connectivity index (χ1v) is 10.0. The van der Waals surface area contributed by atoms with Crippen molar-refractivity contribution in [3.05, 3.63) is 69.7 Å². The lowest BCUT2D eigenvalue weighted by atomic mass is 10.2. The number of aliphatic hydroxyl groups excluding tert-OH is 1. The first-order valence-electron chi connectivity index (χ1n) is 6.96. The van der Waals surface area contributed by atoms with Gasteiger partial charge in [-0.2, -0.15) is 23.5 Å². The van der Waals surface area contributed by atoms with Gasteiger partial charge < -0.3 is 5.11 Å². The lowest BCUT2D eigenvalue weighted by Gasteiger charge is -2.10. The molecule has 1 nitrogen and oxygen atoms in total. The monoisotopic (exact) mass is 372 g/mol. The second-order valence-electron chi connectivity index (χ2n) is 4.94. The zero-order valence-corrected chi connectivity index (χ0v) is 15.2. The van der Waals surface area contributed by atoms with E-state index in [1.54, 1.807) is 23.5 Å². The number of halogens is 2. The smallest absolute Gasteiger partial charge is 0.0721 e. The van der Waals surface area contributed by atoms with E-state index in [2.05, 4.69) is 0 Å². The van der Waals surface area contributed by atoms with Crippen molar-refractivity contribution in [2.75, 3.05) is 11.5 Å². The minimum Gasteiger partial charge on any atom is -0.391 e. The summed E-state index contributed by atoms with van der Waals surface area (Å²) in [6.07, 6.45) is -0.283. The standard InChI is InChI=1S/C17H18Cl2OS2/c18-15-5-1-13(2-6-15)9-21-11-17(20)12-22-10-14-3-7-16(19)8-4-14/h1-8,17,20H,9-12H2. The van der Waals surface area contributed by atoms with E-state index in [-0.39, 0.29) is 6.10 Å². The highest BCUT2D eigenvalue weighted by molar-refractivity contribution is 7.99. The van der Waals surface area contributed by atoms with Crippen molar-refractivity contribution in [2.45, 2.75) is 17.6 Å². The van der Waals surface area contributed by atoms with E-state index >= 15 is 0 Å². The summed E-state index contributed by atoms with van der Waals surface area (Å²) >= 11 is 15.2. The Hall–Kier alpha value is -0.320. The van der Waals surface area contributed by atoms with Gasteiger partial charge in [-0.1, -0.05) is 47.5 Å². The second-order valence-corrected chi connectivity index (χ2v) is 7.87. The molecule has 22 heavy (non-hydrogen) atoms. The molecule has 2 aromatic carbocycles. The quantitative estimate of drug-likeness (QED) is 0.658. The third-order valence-electron chi connectivity index (χ3n) is 2.98. The second kappa shape index (κ2) is 9.74. The first-order chi connectivity index (χ1) is 10.6. The summed E-state index contributed by atoms with van der Waals surface area (Å²) in [6, 6.07) is 15.7. The Kier molecular flexibility index (Phi) is 7.98. The van der Waals surface area contributed by atoms with Crippen LogP contribution in [-0.2, 0) is 11.5 Å². The highest BCUT2D eigenvalue weighted by Gasteiger charge is 2.05. The van der Waals surface area contributed by atoms with Gasteiger partial charge in [0.2, 0.25) is 0 Å². The average Bonchev–Trinajstić information content (AvgIpc) is 2.51. The highest BCUT2D eigenvalue weighted by atomic mass is 35.5. The number of rotatable bonds is 8. The van der Waals surface area contributed by atoms with Crippen LogP contribution in [0.1, 0.15) is 11.1 Å². The Bertz CT molecular complexity index is 506. The molecule has 0 heterocycles. The van der Waals surface area contributed by atoms with E-state index in [0.717, 1.165) is 33.1 Å². The average molecular weight is 373 g/mol. The van der Waals surface area contributed by atoms with Crippen LogP contribution in [-0.4, -0.2) is 22.7 Å². The number of hydrogen-bond acceptors (Lipinski definition) is 3. The summed E-state index contributed by atoms with van der Waals surface area (Å²) < 4.78 is 0. The molecule has 2 aromatic rings. The molecule has 0 atom stereocenters. The summed E-state index contributed by atoms with van der Waals surface area (Å²) in [6.45, 7) is 0. The maximum absolute atomic E-state index is 10.0. The molecule has 0 saturated carbocycles. The first kappa shape index (κ1) is 18.0. The van der Waals surface area contributed by atoms with Crippen molar-refractivity contribution < 1.29 is 5.11 Å². The Morgan fingerprint density at radius 3 is 1.45 bits per heavy atom. The molecule has 0 aliphatic rings. The third-order valence-corrected chi connectivity index (χ3v) is 5.80. The van der Waals surface area contributed by atoms with Crippen molar-refractivity contribution in [1.82, 2.24) is 0 Å². The number of benzene rings is 2. The van der Waals surface area contributed by atoms with Crippen LogP contribution < -0.4 is 0 Å². The molecule has 0 aliphatic carbocycles. The normalized spacial score (nSPS) is 11.1. The van der Waals surface area contributed by atoms with Crippen LogP contribution in [0.25, 0.3) is 0 Å². The van der Waals surface area contributed by atoms with Crippen molar-refractivity contribution >= 4 is 46.7 Å². The SMILES string of the molecule is OC(CSCc1ccc(Cl)cc1)CSCc1ccc(Cl)cc1. The maximum atomic E-state index is 10.0. The van der Waals surface area contributed by atoms with E-state index in [0.29, 0.717) is 0 Å². The van der Waals surface area contributed by atoms with Gasteiger partial charge in [0.25, 0.3) is 0 Å². The largest absolute Gasteiger partial charge is 0.391 e. The maximum Gasteiger partial charge on any atom is 0.0721 e. The van der Waals surface area contributed by atoms with Gasteiger partial charge in [-0.25, -0.2) is 0 Å². The van der Waals surface area contributed by atoms with E-state index in [1.165, 1.54) is 11.1 Å². The Balaban J connectivity index is 1.60. The van der Waals surface area contributed by atoms with Crippen LogP contribution in [0, 0.1) is 0 Å². The molecule has 0 radical (unpaired) electrons. The topological polar surface area (TPSA) is 20.2 Å². The molecule has 0 spiro atoms. The van der Waals surface area contributed by atoms with Gasteiger partial charge >= 0.3 is 0 Å². The molecule has 1 N–H and O–H groups in total. The number of hydrogen-bond donors (Lipinski definition) is 1. The Morgan fingerprint density at radius 2 is 1.09 bits per heavy atom. The van der Waals surface area contributed by atoms with Gasteiger partial charge in [0, 0.05) is 33.1 Å². The molecular formula is C17H18Cl2OS2. The zero-order chi connectivity index (χ0) is 15.8. The number of aliphatic hydroxyl groups is 1.